The molecule has 1 amide bonds. The molecular weight excluding hydrogens is 350 g/mol. The van der Waals surface area contributed by atoms with Crippen molar-refractivity contribution >= 4 is 22.8 Å². The molecule has 146 valence electrons. The summed E-state index contributed by atoms with van der Waals surface area (Å²) in [4.78, 5) is 35.6. The highest BCUT2D eigenvalue weighted by Crippen LogP contribution is 2.28. The highest BCUT2D eigenvalue weighted by Gasteiger charge is 2.24. The molecule has 7 heteroatoms. The Hall–Kier alpha value is -2.83. The van der Waals surface area contributed by atoms with Crippen LogP contribution in [-0.4, -0.2) is 32.1 Å². The van der Waals surface area contributed by atoms with Crippen LogP contribution in [0.1, 0.15) is 31.4 Å². The fraction of sp³-hybridized carbons (Fsp3) is 0.450. The summed E-state index contributed by atoms with van der Waals surface area (Å²) in [6.07, 6.45) is 0.591. The fourth-order valence-corrected chi connectivity index (χ4v) is 2.89. The topological polar surface area (TPSA) is 94.8 Å². The number of methoxy groups -OCH3 is 2. The standard InChI is InChI=1S/C20H25NO6/c1-11(2)19(20(24)26-5)21-17(22)7-6-13-9-14-12(3)8-18(23)27-16(14)10-15(13)25-4/h8-11,19H,6-7H2,1-5H3,(H,21,22)/t19-/m0/s1. The molecule has 1 atom stereocenters. The van der Waals surface area contributed by atoms with Crippen LogP contribution in [0.15, 0.2) is 27.4 Å². The lowest BCUT2D eigenvalue weighted by molar-refractivity contribution is -0.146. The summed E-state index contributed by atoms with van der Waals surface area (Å²) >= 11 is 0. The third kappa shape index (κ3) is 4.87. The zero-order valence-corrected chi connectivity index (χ0v) is 16.3. The van der Waals surface area contributed by atoms with E-state index in [4.69, 9.17) is 13.9 Å². The molecule has 2 rings (SSSR count). The van der Waals surface area contributed by atoms with Crippen molar-refractivity contribution in [3.8, 4) is 5.75 Å². The summed E-state index contributed by atoms with van der Waals surface area (Å²) in [6, 6.07) is 4.26. The Balaban J connectivity index is 2.19. The molecule has 0 bridgehead atoms. The van der Waals surface area contributed by atoms with Crippen LogP contribution in [0.2, 0.25) is 0 Å². The molecule has 1 aromatic carbocycles. The Morgan fingerprint density at radius 1 is 1.19 bits per heavy atom. The van der Waals surface area contributed by atoms with E-state index >= 15 is 0 Å². The van der Waals surface area contributed by atoms with Gasteiger partial charge in [-0.1, -0.05) is 13.8 Å². The largest absolute Gasteiger partial charge is 0.496 e. The van der Waals surface area contributed by atoms with Gasteiger partial charge in [-0.2, -0.15) is 0 Å². The van der Waals surface area contributed by atoms with Crippen molar-refractivity contribution in [3.05, 3.63) is 39.7 Å². The zero-order chi connectivity index (χ0) is 20.1. The molecule has 7 nitrogen and oxygen atoms in total. The first-order valence-corrected chi connectivity index (χ1v) is 8.75. The number of carbonyl (C=O) groups excluding carboxylic acids is 2. The number of hydrogen-bond acceptors (Lipinski definition) is 6. The van der Waals surface area contributed by atoms with E-state index in [0.29, 0.717) is 17.8 Å². The Kier molecular flexibility index (Phi) is 6.60. The Bertz CT molecular complexity index is 899. The number of carbonyl (C=O) groups is 2. The van der Waals surface area contributed by atoms with Gasteiger partial charge in [0, 0.05) is 23.9 Å². The predicted molar refractivity (Wildman–Crippen MR) is 101 cm³/mol. The van der Waals surface area contributed by atoms with Gasteiger partial charge >= 0.3 is 11.6 Å². The van der Waals surface area contributed by atoms with Gasteiger partial charge in [0.05, 0.1) is 14.2 Å². The van der Waals surface area contributed by atoms with E-state index in [1.807, 2.05) is 26.8 Å². The minimum absolute atomic E-state index is 0.0813. The minimum atomic E-state index is -0.683. The van der Waals surface area contributed by atoms with Gasteiger partial charge in [-0.15, -0.1) is 0 Å². The van der Waals surface area contributed by atoms with Crippen LogP contribution >= 0.6 is 0 Å². The van der Waals surface area contributed by atoms with Gasteiger partial charge in [-0.05, 0) is 36.5 Å². The van der Waals surface area contributed by atoms with Crippen LogP contribution in [0.4, 0.5) is 0 Å². The molecule has 0 aliphatic carbocycles. The summed E-state index contributed by atoms with van der Waals surface area (Å²) in [5, 5.41) is 3.51. The number of nitrogens with one attached hydrogen (secondary N) is 1. The predicted octanol–water partition coefficient (Wildman–Crippen LogP) is 2.36. The maximum atomic E-state index is 12.3. The van der Waals surface area contributed by atoms with Crippen LogP contribution in [-0.2, 0) is 20.7 Å². The van der Waals surface area contributed by atoms with Crippen molar-refractivity contribution in [2.75, 3.05) is 14.2 Å². The first-order chi connectivity index (χ1) is 12.8. The Morgan fingerprint density at radius 2 is 1.89 bits per heavy atom. The van der Waals surface area contributed by atoms with Crippen molar-refractivity contribution in [2.45, 2.75) is 39.7 Å². The maximum Gasteiger partial charge on any atom is 0.336 e. The van der Waals surface area contributed by atoms with E-state index in [2.05, 4.69) is 5.32 Å². The van der Waals surface area contributed by atoms with Crippen molar-refractivity contribution in [2.24, 2.45) is 5.92 Å². The van der Waals surface area contributed by atoms with E-state index in [1.54, 1.807) is 6.07 Å². The molecule has 0 unspecified atom stereocenters. The summed E-state index contributed by atoms with van der Waals surface area (Å²) in [7, 11) is 2.81. The van der Waals surface area contributed by atoms with Gasteiger partial charge in [0.15, 0.2) is 0 Å². The number of hydrogen-bond donors (Lipinski definition) is 1. The molecule has 1 aromatic heterocycles. The lowest BCUT2D eigenvalue weighted by Crippen LogP contribution is -2.45. The van der Waals surface area contributed by atoms with Gasteiger partial charge in [0.2, 0.25) is 5.91 Å². The van der Waals surface area contributed by atoms with Crippen molar-refractivity contribution in [1.82, 2.24) is 5.32 Å². The monoisotopic (exact) mass is 375 g/mol. The van der Waals surface area contributed by atoms with Gasteiger partial charge < -0.3 is 19.2 Å². The SMILES string of the molecule is COC(=O)[C@@H](NC(=O)CCc1cc2c(C)cc(=O)oc2cc1OC)C(C)C. The molecule has 0 saturated heterocycles. The molecular formula is C20H25NO6. The summed E-state index contributed by atoms with van der Waals surface area (Å²) in [5.74, 6) is -0.260. The van der Waals surface area contributed by atoms with Crippen molar-refractivity contribution in [3.63, 3.8) is 0 Å². The number of fused-ring (bicyclic) bond motifs is 1. The highest BCUT2D eigenvalue weighted by atomic mass is 16.5. The quantitative estimate of drug-likeness (QED) is 0.590. The summed E-state index contributed by atoms with van der Waals surface area (Å²) < 4.78 is 15.3. The van der Waals surface area contributed by atoms with Crippen LogP contribution in [0.3, 0.4) is 0 Å². The number of esters is 1. The zero-order valence-electron chi connectivity index (χ0n) is 16.3. The van der Waals surface area contributed by atoms with E-state index < -0.39 is 17.6 Å². The van der Waals surface area contributed by atoms with Crippen LogP contribution in [0, 0.1) is 12.8 Å². The van der Waals surface area contributed by atoms with Crippen LogP contribution in [0.5, 0.6) is 5.75 Å². The second-order valence-electron chi connectivity index (χ2n) is 6.72. The number of amides is 1. The van der Waals surface area contributed by atoms with Gasteiger partial charge in [-0.25, -0.2) is 9.59 Å². The number of rotatable bonds is 7. The molecule has 0 spiro atoms. The molecule has 0 aliphatic heterocycles. The first-order valence-electron chi connectivity index (χ1n) is 8.75. The van der Waals surface area contributed by atoms with Gasteiger partial charge in [0.25, 0.3) is 0 Å². The molecule has 0 aliphatic rings. The fourth-order valence-electron chi connectivity index (χ4n) is 2.89. The summed E-state index contributed by atoms with van der Waals surface area (Å²) in [6.45, 7) is 5.50. The average Bonchev–Trinajstić information content (AvgIpc) is 2.62. The van der Waals surface area contributed by atoms with Crippen molar-refractivity contribution < 1.29 is 23.5 Å². The second kappa shape index (κ2) is 8.70. The van der Waals surface area contributed by atoms with Crippen molar-refractivity contribution in [1.29, 1.82) is 0 Å². The van der Waals surface area contributed by atoms with E-state index in [9.17, 15) is 14.4 Å². The first kappa shape index (κ1) is 20.5. The molecule has 0 fully saturated rings. The lowest BCUT2D eigenvalue weighted by atomic mass is 10.0. The average molecular weight is 375 g/mol. The molecule has 1 N–H and O–H groups in total. The van der Waals surface area contributed by atoms with Gasteiger partial charge in [0.1, 0.15) is 17.4 Å². The molecule has 0 radical (unpaired) electrons. The molecule has 2 aromatic rings. The number of ether oxygens (including phenoxy) is 2. The maximum absolute atomic E-state index is 12.3. The Morgan fingerprint density at radius 3 is 2.48 bits per heavy atom. The summed E-state index contributed by atoms with van der Waals surface area (Å²) in [5.41, 5.74) is 1.63. The normalized spacial score (nSPS) is 12.1. The third-order valence-corrected chi connectivity index (χ3v) is 4.41. The Labute approximate surface area is 157 Å². The van der Waals surface area contributed by atoms with Gasteiger partial charge in [-0.3, -0.25) is 4.79 Å². The third-order valence-electron chi connectivity index (χ3n) is 4.41. The number of benzene rings is 1. The highest BCUT2D eigenvalue weighted by molar-refractivity contribution is 5.85. The van der Waals surface area contributed by atoms with Crippen LogP contribution < -0.4 is 15.7 Å². The molecule has 1 heterocycles. The number of aryl methyl sites for hydroxylation is 2. The van der Waals surface area contributed by atoms with E-state index in [0.717, 1.165) is 16.5 Å². The molecule has 0 saturated carbocycles. The smallest absolute Gasteiger partial charge is 0.336 e. The van der Waals surface area contributed by atoms with E-state index in [-0.39, 0.29) is 18.2 Å². The minimum Gasteiger partial charge on any atom is -0.496 e. The van der Waals surface area contributed by atoms with E-state index in [1.165, 1.54) is 20.3 Å². The lowest BCUT2D eigenvalue weighted by Gasteiger charge is -2.20. The second-order valence-corrected chi connectivity index (χ2v) is 6.72. The molecule has 27 heavy (non-hydrogen) atoms. The van der Waals surface area contributed by atoms with Crippen LogP contribution in [0.25, 0.3) is 11.0 Å².